The van der Waals surface area contributed by atoms with Crippen LogP contribution in [0.25, 0.3) is 10.2 Å². The zero-order valence-electron chi connectivity index (χ0n) is 37.4. The lowest BCUT2D eigenvalue weighted by Gasteiger charge is -2.49. The number of nitrogens with zero attached hydrogens (tertiary/aromatic N) is 5. The Balaban J connectivity index is 0.931. The molecule has 0 aliphatic carbocycles. The molecule has 71 heavy (non-hydrogen) atoms. The minimum Gasteiger partial charge on any atom is -0.477 e. The Kier molecular flexibility index (Phi) is 14.0. The summed E-state index contributed by atoms with van der Waals surface area (Å²) in [5, 5.41) is 22.5. The average Bonchev–Trinajstić information content (AvgIpc) is 4.07. The molecule has 2 aliphatic heterocycles. The summed E-state index contributed by atoms with van der Waals surface area (Å²) in [5.41, 5.74) is 4.28. The molecule has 354 valence electrons. The van der Waals surface area contributed by atoms with E-state index >= 15 is 0 Å². The van der Waals surface area contributed by atoms with Crippen LogP contribution in [-0.2, 0) is 34.3 Å². The van der Waals surface area contributed by atoms with Crippen LogP contribution in [0.2, 0.25) is 0 Å². The van der Waals surface area contributed by atoms with Crippen LogP contribution in [0.15, 0.2) is 196 Å². The number of fused-ring (bicyclic) bond motifs is 2. The second-order valence-corrected chi connectivity index (χ2v) is 20.4. The van der Waals surface area contributed by atoms with E-state index < -0.39 is 53.4 Å². The van der Waals surface area contributed by atoms with Gasteiger partial charge in [-0.1, -0.05) is 169 Å². The fourth-order valence-electron chi connectivity index (χ4n) is 8.46. The number of oxime groups is 1. The Morgan fingerprint density at radius 1 is 0.817 bits per heavy atom. The summed E-state index contributed by atoms with van der Waals surface area (Å²) in [6, 6.07) is 49.2. The Morgan fingerprint density at radius 3 is 1.99 bits per heavy atom. The highest BCUT2D eigenvalue weighted by molar-refractivity contribution is 8.02. The molecule has 18 heteroatoms. The van der Waals surface area contributed by atoms with E-state index in [1.807, 2.05) is 158 Å². The number of hydrogen-bond donors (Lipinski definition) is 3. The molecule has 0 saturated carbocycles. The third-order valence-corrected chi connectivity index (χ3v) is 16.1. The largest absolute Gasteiger partial charge is 0.477 e. The number of carbonyl (C=O) groups excluding carboxylic acids is 3. The van der Waals surface area contributed by atoms with Crippen LogP contribution < -0.4 is 10.6 Å². The number of aromatic nitrogens is 3. The minimum atomic E-state index is -1.25. The minimum absolute atomic E-state index is 0.0916. The highest BCUT2D eigenvalue weighted by Gasteiger charge is 2.54. The van der Waals surface area contributed by atoms with Gasteiger partial charge in [0, 0.05) is 23.1 Å². The molecule has 10 rings (SSSR count). The lowest BCUT2D eigenvalue weighted by Crippen LogP contribution is -2.71. The number of rotatable bonds is 18. The molecule has 2 aliphatic rings. The first-order valence-electron chi connectivity index (χ1n) is 22.2. The molecule has 2 atom stereocenters. The summed E-state index contributed by atoms with van der Waals surface area (Å²) < 4.78 is 7.65. The second kappa shape index (κ2) is 21.2. The van der Waals surface area contributed by atoms with Gasteiger partial charge in [-0.15, -0.1) is 34.4 Å². The monoisotopic (exact) mass is 1020 g/mol. The number of amides is 2. The van der Waals surface area contributed by atoms with Crippen LogP contribution in [0.4, 0.5) is 5.13 Å². The molecule has 1 fully saturated rings. The third-order valence-electron chi connectivity index (χ3n) is 11.7. The summed E-state index contributed by atoms with van der Waals surface area (Å²) in [6.45, 7) is -0.669. The zero-order chi connectivity index (χ0) is 48.7. The molecule has 0 radical (unpaired) electrons. The van der Waals surface area contributed by atoms with Gasteiger partial charge in [-0.25, -0.2) is 19.6 Å². The van der Waals surface area contributed by atoms with Crippen LogP contribution in [0.5, 0.6) is 0 Å². The van der Waals surface area contributed by atoms with Crippen molar-refractivity contribution in [2.24, 2.45) is 5.16 Å². The second-order valence-electron chi connectivity index (χ2n) is 16.1. The van der Waals surface area contributed by atoms with Gasteiger partial charge >= 0.3 is 11.9 Å². The maximum Gasteiger partial charge on any atom is 0.352 e. The van der Waals surface area contributed by atoms with Crippen LogP contribution in [0.3, 0.4) is 0 Å². The van der Waals surface area contributed by atoms with E-state index in [2.05, 4.69) is 25.8 Å². The average molecular weight is 1020 g/mol. The lowest BCUT2D eigenvalue weighted by molar-refractivity contribution is -0.153. The molecule has 1 unspecified atom stereocenters. The van der Waals surface area contributed by atoms with E-state index in [0.717, 1.165) is 42.4 Å². The normalized spacial score (nSPS) is 15.8. The van der Waals surface area contributed by atoms with Crippen LogP contribution >= 0.6 is 46.2 Å². The number of nitrogens with one attached hydrogen (secondary N) is 2. The summed E-state index contributed by atoms with van der Waals surface area (Å²) >= 11 is 5.44. The molecule has 5 aromatic carbocycles. The highest BCUT2D eigenvalue weighted by Crippen LogP contribution is 2.43. The van der Waals surface area contributed by atoms with Gasteiger partial charge in [-0.05, 0) is 39.5 Å². The number of anilines is 1. The predicted molar refractivity (Wildman–Crippen MR) is 276 cm³/mol. The number of thioether (sulfide) groups is 2. The molecule has 0 bridgehead atoms. The molecule has 3 N–H and O–H groups in total. The van der Waals surface area contributed by atoms with Crippen LogP contribution in [0, 0.1) is 0 Å². The molecule has 8 aromatic rings. The summed E-state index contributed by atoms with van der Waals surface area (Å²) in [5.74, 6) is -2.83. The number of ether oxygens (including phenoxy) is 1. The smallest absolute Gasteiger partial charge is 0.352 e. The Morgan fingerprint density at radius 2 is 1.41 bits per heavy atom. The van der Waals surface area contributed by atoms with Gasteiger partial charge in [-0.3, -0.25) is 19.5 Å². The fraction of sp³-hybridized carbons (Fsp3) is 0.132. The van der Waals surface area contributed by atoms with E-state index in [4.69, 9.17) is 14.6 Å². The first-order chi connectivity index (χ1) is 34.8. The van der Waals surface area contributed by atoms with Crippen molar-refractivity contribution in [1.82, 2.24) is 25.2 Å². The Hall–Kier alpha value is -7.64. The Bertz CT molecular complexity index is 3100. The standard InChI is InChI=1S/C53H41N7O7S4/c61-42(67-46(33-16-6-1-7-17-33)34-18-8-2-9-19-34)29-66-59-43(40-32-69-51(55-40)58-53(36-20-10-3-11-21-36,37-22-12-4-13-23-37)38-24-14-5-15-25-38)47(62)57-44-48(63)60-45(50(64)65)35(30-68-49(44)60)31-70-52-56-39-28-54-27-26-41(39)71-52/h1-28,32,44,46,49H,29-31H2,(H,55,58)(H,57,62)(H,64,65)/t44?,49-/m0/s1. The fourth-order valence-corrected chi connectivity index (χ4v) is 12.7. The number of hydrogen-bond acceptors (Lipinski definition) is 15. The van der Waals surface area contributed by atoms with Crippen molar-refractivity contribution in [3.05, 3.63) is 220 Å². The molecule has 3 aromatic heterocycles. The van der Waals surface area contributed by atoms with Crippen molar-refractivity contribution in [2.75, 3.05) is 23.4 Å². The van der Waals surface area contributed by atoms with Gasteiger partial charge in [0.2, 0.25) is 6.61 Å². The first-order valence-corrected chi connectivity index (χ1v) is 25.9. The molecular weight excluding hydrogens is 975 g/mol. The molecule has 0 spiro atoms. The number of esters is 1. The van der Waals surface area contributed by atoms with Crippen molar-refractivity contribution in [3.63, 3.8) is 0 Å². The maximum atomic E-state index is 14.5. The predicted octanol–water partition coefficient (Wildman–Crippen LogP) is 9.14. The SMILES string of the molecule is O=C(CON=C(C(=O)NC1C(=O)N2C(C(=O)O)=C(CSc3nc4cnccc4s3)CS[C@@H]12)c1csc(NC(c2ccccc2)(c2ccccc2)c2ccccc2)n1)OC(c1ccccc1)c1ccccc1. The number of aliphatic carboxylic acids is 1. The molecule has 2 amide bonds. The Labute approximate surface area is 423 Å². The number of β-lactam (4-membered cyclic amide) rings is 1. The number of pyridine rings is 1. The summed E-state index contributed by atoms with van der Waals surface area (Å²) in [7, 11) is 0. The molecule has 14 nitrogen and oxygen atoms in total. The van der Waals surface area contributed by atoms with Gasteiger partial charge < -0.3 is 25.3 Å². The van der Waals surface area contributed by atoms with Crippen molar-refractivity contribution in [2.45, 2.75) is 27.4 Å². The lowest BCUT2D eigenvalue weighted by atomic mass is 9.77. The number of thiazole rings is 2. The van der Waals surface area contributed by atoms with Gasteiger partial charge in [0.1, 0.15) is 33.9 Å². The van der Waals surface area contributed by atoms with E-state index in [1.54, 1.807) is 17.8 Å². The van der Waals surface area contributed by atoms with E-state index in [9.17, 15) is 24.3 Å². The summed E-state index contributed by atoms with van der Waals surface area (Å²) in [4.78, 5) is 75.3. The van der Waals surface area contributed by atoms with E-state index in [1.165, 1.54) is 51.1 Å². The maximum absolute atomic E-state index is 14.5. The van der Waals surface area contributed by atoms with Crippen molar-refractivity contribution in [3.8, 4) is 0 Å². The first kappa shape index (κ1) is 47.1. The summed E-state index contributed by atoms with van der Waals surface area (Å²) in [6.07, 6.45) is 2.62. The molecule has 5 heterocycles. The van der Waals surface area contributed by atoms with Crippen LogP contribution in [0.1, 0.15) is 39.6 Å². The zero-order valence-corrected chi connectivity index (χ0v) is 40.6. The molecular formula is C53H41N7O7S4. The number of carbonyl (C=O) groups is 4. The van der Waals surface area contributed by atoms with Crippen molar-refractivity contribution in [1.29, 1.82) is 0 Å². The van der Waals surface area contributed by atoms with Gasteiger partial charge in [-0.2, -0.15) is 0 Å². The quantitative estimate of drug-likeness (QED) is 0.0185. The van der Waals surface area contributed by atoms with E-state index in [-0.39, 0.29) is 17.1 Å². The highest BCUT2D eigenvalue weighted by atomic mass is 32.2. The van der Waals surface area contributed by atoms with Gasteiger partial charge in [0.25, 0.3) is 11.8 Å². The van der Waals surface area contributed by atoms with Gasteiger partial charge in [0.05, 0.1) is 10.9 Å². The van der Waals surface area contributed by atoms with Crippen molar-refractivity contribution < 1.29 is 33.9 Å². The van der Waals surface area contributed by atoms with Crippen molar-refractivity contribution >= 4 is 91.0 Å². The number of benzene rings is 5. The number of carboxylic acid groups (broad SMARTS) is 1. The van der Waals surface area contributed by atoms with E-state index in [0.29, 0.717) is 22.2 Å². The third kappa shape index (κ3) is 9.92. The number of carboxylic acids is 1. The molecule has 1 saturated heterocycles. The van der Waals surface area contributed by atoms with Crippen LogP contribution in [-0.4, -0.2) is 84.0 Å². The topological polar surface area (TPSA) is 185 Å². The van der Waals surface area contributed by atoms with Gasteiger partial charge in [0.15, 0.2) is 21.3 Å².